The third kappa shape index (κ3) is 7.10. The van der Waals surface area contributed by atoms with E-state index in [9.17, 15) is 18.0 Å². The van der Waals surface area contributed by atoms with Gasteiger partial charge in [-0.15, -0.1) is 0 Å². The molecule has 7 heteroatoms. The Balaban J connectivity index is 2.40. The zero-order valence-electron chi connectivity index (χ0n) is 11.8. The molecule has 0 heterocycles. The standard InChI is InChI=1S/C14H19F3N2O2/c1-21-8-3-2-7-18-10-11-5-4-6-12(9-11)19-13(20)14(15,16)17/h4-6,9,18H,2-3,7-8,10H2,1H3,(H,19,20). The Morgan fingerprint density at radius 3 is 2.71 bits per heavy atom. The second kappa shape index (κ2) is 8.63. The molecule has 0 bridgehead atoms. The lowest BCUT2D eigenvalue weighted by molar-refractivity contribution is -0.167. The van der Waals surface area contributed by atoms with Crippen molar-refractivity contribution in [2.75, 3.05) is 25.6 Å². The van der Waals surface area contributed by atoms with Crippen LogP contribution in [0, 0.1) is 0 Å². The van der Waals surface area contributed by atoms with Crippen LogP contribution in [0.15, 0.2) is 24.3 Å². The van der Waals surface area contributed by atoms with Crippen molar-refractivity contribution in [1.29, 1.82) is 0 Å². The molecule has 0 saturated heterocycles. The molecule has 0 unspecified atom stereocenters. The molecule has 0 aliphatic heterocycles. The molecule has 0 aromatic heterocycles. The van der Waals surface area contributed by atoms with Crippen LogP contribution in [0.5, 0.6) is 0 Å². The van der Waals surface area contributed by atoms with E-state index in [1.165, 1.54) is 12.1 Å². The van der Waals surface area contributed by atoms with Gasteiger partial charge in [0.25, 0.3) is 0 Å². The highest BCUT2D eigenvalue weighted by Gasteiger charge is 2.38. The summed E-state index contributed by atoms with van der Waals surface area (Å²) in [4.78, 5) is 10.8. The van der Waals surface area contributed by atoms with Gasteiger partial charge < -0.3 is 15.4 Å². The van der Waals surface area contributed by atoms with E-state index in [4.69, 9.17) is 4.74 Å². The van der Waals surface area contributed by atoms with E-state index >= 15 is 0 Å². The third-order valence-electron chi connectivity index (χ3n) is 2.72. The van der Waals surface area contributed by atoms with Gasteiger partial charge in [0.05, 0.1) is 0 Å². The number of hydrogen-bond acceptors (Lipinski definition) is 3. The topological polar surface area (TPSA) is 50.4 Å². The van der Waals surface area contributed by atoms with Crippen LogP contribution in [0.2, 0.25) is 0 Å². The average Bonchev–Trinajstić information content (AvgIpc) is 2.42. The predicted molar refractivity (Wildman–Crippen MR) is 73.9 cm³/mol. The van der Waals surface area contributed by atoms with Crippen molar-refractivity contribution in [3.63, 3.8) is 0 Å². The highest BCUT2D eigenvalue weighted by atomic mass is 19.4. The number of halogens is 3. The summed E-state index contributed by atoms with van der Waals surface area (Å²) in [6.45, 7) is 2.03. The van der Waals surface area contributed by atoms with Gasteiger partial charge in [-0.1, -0.05) is 12.1 Å². The molecule has 0 fully saturated rings. The first-order valence-corrected chi connectivity index (χ1v) is 6.60. The maximum Gasteiger partial charge on any atom is 0.471 e. The lowest BCUT2D eigenvalue weighted by atomic mass is 10.2. The van der Waals surface area contributed by atoms with Gasteiger partial charge in [0, 0.05) is 25.9 Å². The molecule has 2 N–H and O–H groups in total. The Labute approximate surface area is 121 Å². The summed E-state index contributed by atoms with van der Waals surface area (Å²) >= 11 is 0. The maximum atomic E-state index is 12.2. The number of amides is 1. The van der Waals surface area contributed by atoms with Gasteiger partial charge >= 0.3 is 12.1 Å². The van der Waals surface area contributed by atoms with Crippen LogP contribution < -0.4 is 10.6 Å². The Morgan fingerprint density at radius 1 is 1.29 bits per heavy atom. The summed E-state index contributed by atoms with van der Waals surface area (Å²) in [5, 5.41) is 5.01. The minimum atomic E-state index is -4.88. The number of hydrogen-bond donors (Lipinski definition) is 2. The van der Waals surface area contributed by atoms with Gasteiger partial charge in [-0.2, -0.15) is 13.2 Å². The van der Waals surface area contributed by atoms with Gasteiger partial charge in [-0.05, 0) is 37.1 Å². The Kier molecular flexibility index (Phi) is 7.18. The average molecular weight is 304 g/mol. The lowest BCUT2D eigenvalue weighted by Crippen LogP contribution is -2.29. The fourth-order valence-corrected chi connectivity index (χ4v) is 1.69. The summed E-state index contributed by atoms with van der Waals surface area (Å²) in [5.41, 5.74) is 0.942. The molecule has 0 spiro atoms. The van der Waals surface area contributed by atoms with Crippen LogP contribution in [0.4, 0.5) is 18.9 Å². The van der Waals surface area contributed by atoms with E-state index in [1.807, 2.05) is 5.32 Å². The van der Waals surface area contributed by atoms with E-state index in [-0.39, 0.29) is 5.69 Å². The number of nitrogens with one attached hydrogen (secondary N) is 2. The number of carbonyl (C=O) groups is 1. The van der Waals surface area contributed by atoms with Crippen LogP contribution >= 0.6 is 0 Å². The van der Waals surface area contributed by atoms with E-state index in [2.05, 4.69) is 5.32 Å². The summed E-state index contributed by atoms with van der Waals surface area (Å²) in [6.07, 6.45) is -2.97. The molecule has 0 atom stereocenters. The van der Waals surface area contributed by atoms with Crippen LogP contribution in [-0.4, -0.2) is 32.3 Å². The van der Waals surface area contributed by atoms with Crippen molar-refractivity contribution in [1.82, 2.24) is 5.32 Å². The summed E-state index contributed by atoms with van der Waals surface area (Å²) in [7, 11) is 1.65. The number of unbranched alkanes of at least 4 members (excludes halogenated alkanes) is 1. The molecule has 0 aliphatic rings. The number of alkyl halides is 3. The van der Waals surface area contributed by atoms with Crippen molar-refractivity contribution in [3.05, 3.63) is 29.8 Å². The monoisotopic (exact) mass is 304 g/mol. The number of methoxy groups -OCH3 is 1. The molecule has 0 saturated carbocycles. The molecule has 1 aromatic rings. The highest BCUT2D eigenvalue weighted by molar-refractivity contribution is 5.94. The number of benzene rings is 1. The second-order valence-electron chi connectivity index (χ2n) is 4.53. The van der Waals surface area contributed by atoms with Crippen molar-refractivity contribution >= 4 is 11.6 Å². The van der Waals surface area contributed by atoms with Crippen LogP contribution in [-0.2, 0) is 16.1 Å². The summed E-state index contributed by atoms with van der Waals surface area (Å²) in [6, 6.07) is 6.33. The summed E-state index contributed by atoms with van der Waals surface area (Å²) in [5.74, 6) is -1.97. The van der Waals surface area contributed by atoms with Gasteiger partial charge in [0.15, 0.2) is 0 Å². The first kappa shape index (κ1) is 17.5. The lowest BCUT2D eigenvalue weighted by Gasteiger charge is -2.10. The number of anilines is 1. The molecule has 4 nitrogen and oxygen atoms in total. The first-order valence-electron chi connectivity index (χ1n) is 6.60. The fourth-order valence-electron chi connectivity index (χ4n) is 1.69. The number of rotatable bonds is 8. The van der Waals surface area contributed by atoms with Gasteiger partial charge in [0.1, 0.15) is 0 Å². The Bertz CT molecular complexity index is 450. The molecule has 0 radical (unpaired) electrons. The van der Waals surface area contributed by atoms with Gasteiger partial charge in [-0.25, -0.2) is 0 Å². The fraction of sp³-hybridized carbons (Fsp3) is 0.500. The molecule has 1 rings (SSSR count). The van der Waals surface area contributed by atoms with Crippen molar-refractivity contribution in [2.45, 2.75) is 25.6 Å². The van der Waals surface area contributed by atoms with E-state index in [0.29, 0.717) is 13.2 Å². The largest absolute Gasteiger partial charge is 0.471 e. The van der Waals surface area contributed by atoms with Crippen LogP contribution in [0.3, 0.4) is 0 Å². The van der Waals surface area contributed by atoms with Gasteiger partial charge in [0.2, 0.25) is 0 Å². The van der Waals surface area contributed by atoms with Crippen molar-refractivity contribution < 1.29 is 22.7 Å². The second-order valence-corrected chi connectivity index (χ2v) is 4.53. The Hall–Kier alpha value is -1.60. The zero-order valence-corrected chi connectivity index (χ0v) is 11.8. The normalized spacial score (nSPS) is 11.4. The Morgan fingerprint density at radius 2 is 2.05 bits per heavy atom. The number of ether oxygens (including phenoxy) is 1. The van der Waals surface area contributed by atoms with Crippen molar-refractivity contribution in [2.24, 2.45) is 0 Å². The maximum absolute atomic E-state index is 12.2. The van der Waals surface area contributed by atoms with E-state index < -0.39 is 12.1 Å². The molecule has 118 valence electrons. The zero-order chi connectivity index (χ0) is 15.7. The number of carbonyl (C=O) groups excluding carboxylic acids is 1. The molecular formula is C14H19F3N2O2. The van der Waals surface area contributed by atoms with E-state index in [0.717, 1.165) is 24.9 Å². The summed E-state index contributed by atoms with van der Waals surface area (Å²) < 4.78 is 41.4. The quantitative estimate of drug-likeness (QED) is 0.726. The van der Waals surface area contributed by atoms with Gasteiger partial charge in [-0.3, -0.25) is 4.79 Å². The van der Waals surface area contributed by atoms with E-state index in [1.54, 1.807) is 19.2 Å². The predicted octanol–water partition coefficient (Wildman–Crippen LogP) is 2.70. The minimum absolute atomic E-state index is 0.135. The first-order chi connectivity index (χ1) is 9.93. The van der Waals surface area contributed by atoms with Crippen LogP contribution in [0.1, 0.15) is 18.4 Å². The minimum Gasteiger partial charge on any atom is -0.385 e. The van der Waals surface area contributed by atoms with Crippen LogP contribution in [0.25, 0.3) is 0 Å². The SMILES string of the molecule is COCCCCNCc1cccc(NC(=O)C(F)(F)F)c1. The molecule has 0 aliphatic carbocycles. The smallest absolute Gasteiger partial charge is 0.385 e. The molecule has 21 heavy (non-hydrogen) atoms. The van der Waals surface area contributed by atoms with Crippen molar-refractivity contribution in [3.8, 4) is 0 Å². The highest BCUT2D eigenvalue weighted by Crippen LogP contribution is 2.18. The molecular weight excluding hydrogens is 285 g/mol. The molecule has 1 amide bonds. The molecule has 1 aromatic carbocycles. The third-order valence-corrected chi connectivity index (χ3v) is 2.72.